The molecule has 0 radical (unpaired) electrons. The van der Waals surface area contributed by atoms with Gasteiger partial charge in [-0.1, -0.05) is 36.0 Å². The zero-order valence-electron chi connectivity index (χ0n) is 16.9. The molecule has 30 heavy (non-hydrogen) atoms. The van der Waals surface area contributed by atoms with E-state index in [2.05, 4.69) is 10.2 Å². The number of ether oxygens (including phenoxy) is 1. The van der Waals surface area contributed by atoms with Crippen molar-refractivity contribution in [1.82, 2.24) is 19.2 Å². The largest absolute Gasteiger partial charge is 0.379 e. The fourth-order valence-electron chi connectivity index (χ4n) is 3.30. The van der Waals surface area contributed by atoms with E-state index in [4.69, 9.17) is 4.74 Å². The van der Waals surface area contributed by atoms with Gasteiger partial charge in [0.05, 0.1) is 17.0 Å². The van der Waals surface area contributed by atoms with Gasteiger partial charge in [0.15, 0.2) is 5.16 Å². The molecule has 6 nitrogen and oxygen atoms in total. The number of hydrogen-bond donors (Lipinski definition) is 0. The summed E-state index contributed by atoms with van der Waals surface area (Å²) >= 11 is 1.50. The molecule has 0 bridgehead atoms. The second-order valence-corrected chi connectivity index (χ2v) is 8.22. The molecule has 2 aromatic heterocycles. The van der Waals surface area contributed by atoms with Crippen LogP contribution in [0.5, 0.6) is 0 Å². The molecule has 0 saturated heterocycles. The number of benzene rings is 2. The minimum absolute atomic E-state index is 0.0786. The maximum absolute atomic E-state index is 13.2. The number of rotatable bonds is 8. The lowest BCUT2D eigenvalue weighted by molar-refractivity contribution is 0.0748. The highest BCUT2D eigenvalue weighted by Crippen LogP contribution is 2.24. The van der Waals surface area contributed by atoms with E-state index in [1.807, 2.05) is 42.5 Å². The molecule has 8 heteroatoms. The van der Waals surface area contributed by atoms with Gasteiger partial charge in [-0.05, 0) is 50.1 Å². The zero-order chi connectivity index (χ0) is 21.1. The maximum atomic E-state index is 13.2. The van der Waals surface area contributed by atoms with Gasteiger partial charge in [-0.2, -0.15) is 0 Å². The molecule has 156 valence electrons. The Morgan fingerprint density at radius 3 is 2.63 bits per heavy atom. The van der Waals surface area contributed by atoms with Gasteiger partial charge in [-0.15, -0.1) is 10.2 Å². The van der Waals surface area contributed by atoms with Crippen molar-refractivity contribution in [3.8, 4) is 0 Å². The summed E-state index contributed by atoms with van der Waals surface area (Å²) in [5, 5.41) is 9.99. The van der Waals surface area contributed by atoms with Crippen molar-refractivity contribution in [2.45, 2.75) is 43.8 Å². The quantitative estimate of drug-likeness (QED) is 0.311. The fourth-order valence-corrected chi connectivity index (χ4v) is 4.19. The first-order chi connectivity index (χ1) is 14.5. The van der Waals surface area contributed by atoms with Gasteiger partial charge in [0.25, 0.3) is 5.56 Å². The number of hydrogen-bond acceptors (Lipinski definition) is 5. The number of aromatic nitrogens is 4. The van der Waals surface area contributed by atoms with E-state index in [1.165, 1.54) is 23.9 Å². The second kappa shape index (κ2) is 8.97. The minimum Gasteiger partial charge on any atom is -0.379 e. The first-order valence-electron chi connectivity index (χ1n) is 9.90. The average Bonchev–Trinajstić information content (AvgIpc) is 3.16. The SMILES string of the molecule is CC(C)OCCCn1c(=O)c2ccccc2n2c(SCc3ccc(F)cc3)nnc12. The third-order valence-electron chi connectivity index (χ3n) is 4.74. The highest BCUT2D eigenvalue weighted by atomic mass is 32.2. The standard InChI is InChI=1S/C22H23FN4O2S/c1-15(2)29-13-5-12-26-20(28)18-6-3-4-7-19(18)27-21(26)24-25-22(27)30-14-16-8-10-17(23)11-9-16/h3-4,6-11,15H,5,12-14H2,1-2H3. The van der Waals surface area contributed by atoms with Gasteiger partial charge in [0.2, 0.25) is 5.78 Å². The molecule has 0 unspecified atom stereocenters. The van der Waals surface area contributed by atoms with Crippen molar-refractivity contribution in [3.05, 3.63) is 70.3 Å². The molecule has 2 aromatic carbocycles. The molecular weight excluding hydrogens is 403 g/mol. The Bertz CT molecular complexity index is 1220. The third-order valence-corrected chi connectivity index (χ3v) is 5.74. The first kappa shape index (κ1) is 20.6. The fraction of sp³-hybridized carbons (Fsp3) is 0.318. The number of thioether (sulfide) groups is 1. The molecule has 0 saturated carbocycles. The number of nitrogens with zero attached hydrogens (tertiary/aromatic N) is 4. The first-order valence-corrected chi connectivity index (χ1v) is 10.9. The molecular formula is C22H23FN4O2S. The van der Waals surface area contributed by atoms with Gasteiger partial charge >= 0.3 is 0 Å². The van der Waals surface area contributed by atoms with Gasteiger partial charge in [-0.3, -0.25) is 13.8 Å². The molecule has 0 aliphatic carbocycles. The van der Waals surface area contributed by atoms with Crippen LogP contribution in [0, 0.1) is 5.82 Å². The Morgan fingerprint density at radius 2 is 1.87 bits per heavy atom. The zero-order valence-corrected chi connectivity index (χ0v) is 17.7. The van der Waals surface area contributed by atoms with E-state index >= 15 is 0 Å². The van der Waals surface area contributed by atoms with Crippen LogP contribution in [0.2, 0.25) is 0 Å². The number of fused-ring (bicyclic) bond motifs is 3. The summed E-state index contributed by atoms with van der Waals surface area (Å²) in [6, 6.07) is 13.9. The Morgan fingerprint density at radius 1 is 1.10 bits per heavy atom. The predicted octanol–water partition coefficient (Wildman–Crippen LogP) is 4.29. The molecule has 0 amide bonds. The minimum atomic E-state index is -0.256. The smallest absolute Gasteiger partial charge is 0.262 e. The van der Waals surface area contributed by atoms with E-state index in [9.17, 15) is 9.18 Å². The molecule has 4 rings (SSSR count). The van der Waals surface area contributed by atoms with E-state index < -0.39 is 0 Å². The predicted molar refractivity (Wildman–Crippen MR) is 116 cm³/mol. The topological polar surface area (TPSA) is 61.4 Å². The van der Waals surface area contributed by atoms with Crippen LogP contribution in [-0.2, 0) is 17.0 Å². The lowest BCUT2D eigenvalue weighted by Gasteiger charge is -2.12. The monoisotopic (exact) mass is 426 g/mol. The summed E-state index contributed by atoms with van der Waals surface area (Å²) in [4.78, 5) is 13.1. The molecule has 0 fully saturated rings. The van der Waals surface area contributed by atoms with Crippen LogP contribution in [0.4, 0.5) is 4.39 Å². The summed E-state index contributed by atoms with van der Waals surface area (Å²) in [6.07, 6.45) is 0.859. The molecule has 4 aromatic rings. The molecule has 0 N–H and O–H groups in total. The average molecular weight is 427 g/mol. The van der Waals surface area contributed by atoms with Crippen molar-refractivity contribution in [2.24, 2.45) is 0 Å². The van der Waals surface area contributed by atoms with Crippen molar-refractivity contribution < 1.29 is 9.13 Å². The number of halogens is 1. The van der Waals surface area contributed by atoms with E-state index in [-0.39, 0.29) is 17.5 Å². The normalized spacial score (nSPS) is 11.7. The summed E-state index contributed by atoms with van der Waals surface area (Å²) in [6.45, 7) is 5.05. The third kappa shape index (κ3) is 4.24. The summed E-state index contributed by atoms with van der Waals surface area (Å²) < 4.78 is 22.4. The number of aryl methyl sites for hydroxylation is 1. The van der Waals surface area contributed by atoms with Gasteiger partial charge in [0.1, 0.15) is 5.82 Å². The van der Waals surface area contributed by atoms with E-state index in [1.54, 1.807) is 16.7 Å². The van der Waals surface area contributed by atoms with Crippen molar-refractivity contribution in [2.75, 3.05) is 6.61 Å². The van der Waals surface area contributed by atoms with Gasteiger partial charge < -0.3 is 4.74 Å². The van der Waals surface area contributed by atoms with Crippen molar-refractivity contribution in [1.29, 1.82) is 0 Å². The van der Waals surface area contributed by atoms with Gasteiger partial charge in [-0.25, -0.2) is 4.39 Å². The van der Waals surface area contributed by atoms with Crippen LogP contribution in [0.1, 0.15) is 25.8 Å². The Hall–Kier alpha value is -2.71. The number of para-hydroxylation sites is 1. The lowest BCUT2D eigenvalue weighted by atomic mass is 10.2. The van der Waals surface area contributed by atoms with Crippen LogP contribution in [-0.4, -0.2) is 31.9 Å². The van der Waals surface area contributed by atoms with E-state index in [0.717, 1.165) is 11.1 Å². The Balaban J connectivity index is 1.70. The molecule has 2 heterocycles. The van der Waals surface area contributed by atoms with E-state index in [0.29, 0.717) is 41.6 Å². The van der Waals surface area contributed by atoms with Crippen LogP contribution >= 0.6 is 11.8 Å². The molecule has 0 spiro atoms. The molecule has 0 aliphatic heterocycles. The maximum Gasteiger partial charge on any atom is 0.262 e. The van der Waals surface area contributed by atoms with Crippen molar-refractivity contribution >= 4 is 28.4 Å². The molecule has 0 aliphatic rings. The van der Waals surface area contributed by atoms with Gasteiger partial charge in [0, 0.05) is 18.9 Å². The molecule has 0 atom stereocenters. The lowest BCUT2D eigenvalue weighted by Crippen LogP contribution is -2.24. The second-order valence-electron chi connectivity index (χ2n) is 7.28. The highest BCUT2D eigenvalue weighted by molar-refractivity contribution is 7.98. The van der Waals surface area contributed by atoms with Crippen LogP contribution in [0.15, 0.2) is 58.5 Å². The van der Waals surface area contributed by atoms with Crippen LogP contribution in [0.3, 0.4) is 0 Å². The Labute approximate surface area is 177 Å². The Kier molecular flexibility index (Phi) is 6.15. The highest BCUT2D eigenvalue weighted by Gasteiger charge is 2.16. The van der Waals surface area contributed by atoms with Crippen molar-refractivity contribution in [3.63, 3.8) is 0 Å². The van der Waals surface area contributed by atoms with Crippen LogP contribution in [0.25, 0.3) is 16.7 Å². The van der Waals surface area contributed by atoms with Crippen LogP contribution < -0.4 is 5.56 Å². The summed E-state index contributed by atoms with van der Waals surface area (Å²) in [5.41, 5.74) is 1.69. The summed E-state index contributed by atoms with van der Waals surface area (Å²) in [5.74, 6) is 0.884. The summed E-state index contributed by atoms with van der Waals surface area (Å²) in [7, 11) is 0.